The Kier molecular flexibility index (Phi) is 2.19. The van der Waals surface area contributed by atoms with Crippen LogP contribution in [-0.2, 0) is 0 Å². The van der Waals surface area contributed by atoms with Crippen molar-refractivity contribution in [1.29, 1.82) is 0 Å². The number of nitrogens with one attached hydrogen (secondary N) is 1. The molecule has 2 rings (SSSR count). The van der Waals surface area contributed by atoms with Gasteiger partial charge in [-0.3, -0.25) is 0 Å². The zero-order valence-electron chi connectivity index (χ0n) is 7.81. The number of aromatic nitrogens is 1. The van der Waals surface area contributed by atoms with Gasteiger partial charge >= 0.3 is 0 Å². The number of aromatic amines is 1. The molecule has 80 valence electrons. The monoisotopic (exact) mass is 215 g/mol. The van der Waals surface area contributed by atoms with Crippen LogP contribution < -0.4 is 0 Å². The van der Waals surface area contributed by atoms with Gasteiger partial charge in [0.1, 0.15) is 5.82 Å². The molecular weight excluding hydrogens is 207 g/mol. The third kappa shape index (κ3) is 1.48. The Morgan fingerprint density at radius 2 is 1.87 bits per heavy atom. The molecule has 0 fully saturated rings. The molecule has 2 N–H and O–H groups in total. The maximum absolute atomic E-state index is 13.2. The topological polar surface area (TPSA) is 36.0 Å². The first-order valence-electron chi connectivity index (χ1n) is 4.35. The van der Waals surface area contributed by atoms with Crippen LogP contribution in [0.3, 0.4) is 0 Å². The summed E-state index contributed by atoms with van der Waals surface area (Å²) < 4.78 is 39.2. The first-order valence-corrected chi connectivity index (χ1v) is 4.35. The molecule has 0 spiro atoms. The Morgan fingerprint density at radius 1 is 1.20 bits per heavy atom. The zero-order valence-corrected chi connectivity index (χ0v) is 7.81. The number of H-pyrrole nitrogens is 1. The van der Waals surface area contributed by atoms with E-state index in [0.29, 0.717) is 6.07 Å². The predicted molar refractivity (Wildman–Crippen MR) is 48.8 cm³/mol. The molecule has 0 aliphatic heterocycles. The van der Waals surface area contributed by atoms with Gasteiger partial charge in [-0.15, -0.1) is 0 Å². The third-order valence-corrected chi connectivity index (χ3v) is 2.23. The molecule has 0 aliphatic carbocycles. The molecule has 1 atom stereocenters. The van der Waals surface area contributed by atoms with Gasteiger partial charge in [0.25, 0.3) is 0 Å². The van der Waals surface area contributed by atoms with Gasteiger partial charge in [-0.2, -0.15) is 0 Å². The smallest absolute Gasteiger partial charge is 0.168 e. The first-order chi connectivity index (χ1) is 7.00. The second-order valence-electron chi connectivity index (χ2n) is 3.34. The number of aliphatic hydroxyl groups is 1. The molecule has 0 amide bonds. The van der Waals surface area contributed by atoms with Crippen LogP contribution in [0.2, 0.25) is 0 Å². The second-order valence-corrected chi connectivity index (χ2v) is 3.34. The normalized spacial score (nSPS) is 13.4. The highest BCUT2D eigenvalue weighted by Gasteiger charge is 2.16. The van der Waals surface area contributed by atoms with Crippen LogP contribution in [-0.4, -0.2) is 10.1 Å². The van der Waals surface area contributed by atoms with Gasteiger partial charge in [0.05, 0.1) is 11.6 Å². The van der Waals surface area contributed by atoms with E-state index in [9.17, 15) is 18.3 Å². The van der Waals surface area contributed by atoms with Gasteiger partial charge in [0.2, 0.25) is 0 Å². The highest BCUT2D eigenvalue weighted by molar-refractivity contribution is 5.81. The molecule has 0 radical (unpaired) electrons. The molecule has 5 heteroatoms. The van der Waals surface area contributed by atoms with Crippen molar-refractivity contribution in [3.05, 3.63) is 35.3 Å². The molecule has 1 aromatic carbocycles. The van der Waals surface area contributed by atoms with Crippen LogP contribution in [0.5, 0.6) is 0 Å². The minimum atomic E-state index is -1.24. The number of hydrogen-bond acceptors (Lipinski definition) is 1. The molecule has 0 aliphatic rings. The summed E-state index contributed by atoms with van der Waals surface area (Å²) >= 11 is 0. The predicted octanol–water partition coefficient (Wildman–Crippen LogP) is 2.64. The molecule has 0 bridgehead atoms. The molecule has 15 heavy (non-hydrogen) atoms. The quantitative estimate of drug-likeness (QED) is 0.705. The summed E-state index contributed by atoms with van der Waals surface area (Å²) in [7, 11) is 0. The lowest BCUT2D eigenvalue weighted by Gasteiger charge is -1.97. The summed E-state index contributed by atoms with van der Waals surface area (Å²) in [6.45, 7) is 1.44. The van der Waals surface area contributed by atoms with E-state index >= 15 is 0 Å². The van der Waals surface area contributed by atoms with E-state index in [2.05, 4.69) is 4.98 Å². The summed E-state index contributed by atoms with van der Waals surface area (Å²) in [5, 5.41) is 9.01. The molecule has 1 aromatic heterocycles. The van der Waals surface area contributed by atoms with Crippen molar-refractivity contribution in [3.8, 4) is 0 Å². The Bertz CT molecular complexity index is 519. The molecule has 0 saturated carbocycles. The molecular formula is C10H8F3NO. The average Bonchev–Trinajstić information content (AvgIpc) is 2.59. The second kappa shape index (κ2) is 3.27. The number of halogens is 3. The standard InChI is InChI=1S/C10H8F3NO/c1-4(15)8-2-5-9(13)6(11)3-7(12)10(5)14-8/h2-4,14-15H,1H3. The number of fused-ring (bicyclic) bond motifs is 1. The fourth-order valence-electron chi connectivity index (χ4n) is 1.44. The van der Waals surface area contributed by atoms with Crippen molar-refractivity contribution >= 4 is 10.9 Å². The molecule has 2 aromatic rings. The summed E-state index contributed by atoms with van der Waals surface area (Å²) in [5.41, 5.74) is 0.109. The van der Waals surface area contributed by atoms with E-state index in [4.69, 9.17) is 0 Å². The maximum atomic E-state index is 13.2. The Balaban J connectivity index is 2.80. The lowest BCUT2D eigenvalue weighted by molar-refractivity contribution is 0.195. The van der Waals surface area contributed by atoms with Crippen molar-refractivity contribution in [2.45, 2.75) is 13.0 Å². The Labute approximate surface area is 83.3 Å². The number of rotatable bonds is 1. The molecule has 1 heterocycles. The lowest BCUT2D eigenvalue weighted by Crippen LogP contribution is -1.90. The summed E-state index contributed by atoms with van der Waals surface area (Å²) in [6, 6.07) is 1.67. The minimum absolute atomic E-state index is 0.134. The number of benzene rings is 1. The lowest BCUT2D eigenvalue weighted by atomic mass is 10.2. The molecule has 1 unspecified atom stereocenters. The van der Waals surface area contributed by atoms with E-state index in [1.54, 1.807) is 0 Å². The highest BCUT2D eigenvalue weighted by Crippen LogP contribution is 2.26. The van der Waals surface area contributed by atoms with Crippen LogP contribution >= 0.6 is 0 Å². The van der Waals surface area contributed by atoms with Gasteiger partial charge in [-0.25, -0.2) is 13.2 Å². The Hall–Kier alpha value is -1.49. The van der Waals surface area contributed by atoms with Gasteiger partial charge in [-0.05, 0) is 13.0 Å². The van der Waals surface area contributed by atoms with Crippen LogP contribution in [0.15, 0.2) is 12.1 Å². The van der Waals surface area contributed by atoms with Crippen molar-refractivity contribution in [3.63, 3.8) is 0 Å². The van der Waals surface area contributed by atoms with Gasteiger partial charge in [0, 0.05) is 17.1 Å². The van der Waals surface area contributed by atoms with Crippen molar-refractivity contribution in [2.24, 2.45) is 0 Å². The maximum Gasteiger partial charge on any atom is 0.168 e. The van der Waals surface area contributed by atoms with Crippen molar-refractivity contribution in [2.75, 3.05) is 0 Å². The average molecular weight is 215 g/mol. The number of hydrogen-bond donors (Lipinski definition) is 2. The van der Waals surface area contributed by atoms with Crippen LogP contribution in [0, 0.1) is 17.5 Å². The highest BCUT2D eigenvalue weighted by atomic mass is 19.2. The van der Waals surface area contributed by atoms with Gasteiger partial charge in [-0.1, -0.05) is 0 Å². The van der Waals surface area contributed by atoms with E-state index in [1.807, 2.05) is 0 Å². The third-order valence-electron chi connectivity index (χ3n) is 2.23. The number of aliphatic hydroxyl groups excluding tert-OH is 1. The van der Waals surface area contributed by atoms with Crippen molar-refractivity contribution in [1.82, 2.24) is 4.98 Å². The molecule has 2 nitrogen and oxygen atoms in total. The summed E-state index contributed by atoms with van der Waals surface area (Å²) in [6.07, 6.45) is -0.890. The van der Waals surface area contributed by atoms with E-state index < -0.39 is 23.6 Å². The summed E-state index contributed by atoms with van der Waals surface area (Å²) in [5.74, 6) is -3.23. The van der Waals surface area contributed by atoms with Crippen LogP contribution in [0.25, 0.3) is 10.9 Å². The van der Waals surface area contributed by atoms with Gasteiger partial charge in [0.15, 0.2) is 11.6 Å². The Morgan fingerprint density at radius 3 is 2.47 bits per heavy atom. The van der Waals surface area contributed by atoms with Gasteiger partial charge < -0.3 is 10.1 Å². The fourth-order valence-corrected chi connectivity index (χ4v) is 1.44. The zero-order chi connectivity index (χ0) is 11.2. The van der Waals surface area contributed by atoms with E-state index in [-0.39, 0.29) is 16.6 Å². The minimum Gasteiger partial charge on any atom is -0.387 e. The van der Waals surface area contributed by atoms with Crippen LogP contribution in [0.4, 0.5) is 13.2 Å². The summed E-state index contributed by atoms with van der Waals surface area (Å²) in [4.78, 5) is 2.50. The SMILES string of the molecule is CC(O)c1cc2c(F)c(F)cc(F)c2[nH]1. The van der Waals surface area contributed by atoms with Crippen LogP contribution in [0.1, 0.15) is 18.7 Å². The fraction of sp³-hybridized carbons (Fsp3) is 0.200. The first kappa shape index (κ1) is 10.0. The van der Waals surface area contributed by atoms with E-state index in [1.165, 1.54) is 13.0 Å². The largest absolute Gasteiger partial charge is 0.387 e. The molecule has 0 saturated heterocycles. The van der Waals surface area contributed by atoms with Crippen molar-refractivity contribution < 1.29 is 18.3 Å². The van der Waals surface area contributed by atoms with E-state index in [0.717, 1.165) is 0 Å².